The largest absolute Gasteiger partial charge is 0.378 e. The second-order valence-corrected chi connectivity index (χ2v) is 9.13. The van der Waals surface area contributed by atoms with Gasteiger partial charge in [-0.25, -0.2) is 4.98 Å². The molecule has 3 aromatic heterocycles. The molecule has 5 heterocycles. The molecule has 0 spiro atoms. The number of rotatable bonds is 4. The Morgan fingerprint density at radius 2 is 1.94 bits per heavy atom. The van der Waals surface area contributed by atoms with Crippen molar-refractivity contribution in [3.63, 3.8) is 0 Å². The molecule has 0 bridgehead atoms. The van der Waals surface area contributed by atoms with Crippen molar-refractivity contribution in [2.24, 2.45) is 0 Å². The zero-order chi connectivity index (χ0) is 21.2. The Balaban J connectivity index is 1.27. The van der Waals surface area contributed by atoms with Crippen LogP contribution in [0.3, 0.4) is 0 Å². The zero-order valence-corrected chi connectivity index (χ0v) is 18.6. The average Bonchev–Trinajstić information content (AvgIpc) is 3.21. The fraction of sp³-hybridized carbons (Fsp3) is 0.429. The second kappa shape index (κ2) is 9.04. The number of thiophene rings is 1. The number of piperazine rings is 1. The summed E-state index contributed by atoms with van der Waals surface area (Å²) in [6.45, 7) is 6.94. The highest BCUT2D eigenvalue weighted by Crippen LogP contribution is 2.34. The van der Waals surface area contributed by atoms with E-state index in [0.29, 0.717) is 31.9 Å². The van der Waals surface area contributed by atoms with E-state index in [-0.39, 0.29) is 11.2 Å². The van der Waals surface area contributed by atoms with Crippen LogP contribution in [0.2, 0.25) is 5.28 Å². The highest BCUT2D eigenvalue weighted by molar-refractivity contribution is 7.19. The molecule has 0 atom stereocenters. The number of carbonyl (C=O) groups is 1. The fourth-order valence-corrected chi connectivity index (χ4v) is 5.33. The first-order chi connectivity index (χ1) is 15.2. The third-order valence-electron chi connectivity index (χ3n) is 5.64. The van der Waals surface area contributed by atoms with Gasteiger partial charge < -0.3 is 14.5 Å². The molecule has 0 unspecified atom stereocenters. The van der Waals surface area contributed by atoms with E-state index >= 15 is 0 Å². The summed E-state index contributed by atoms with van der Waals surface area (Å²) >= 11 is 7.94. The summed E-state index contributed by atoms with van der Waals surface area (Å²) < 4.78 is 6.55. The Labute approximate surface area is 189 Å². The first kappa shape index (κ1) is 20.6. The van der Waals surface area contributed by atoms with Crippen LogP contribution in [-0.2, 0) is 11.3 Å². The van der Waals surface area contributed by atoms with E-state index in [2.05, 4.69) is 30.8 Å². The normalized spacial score (nSPS) is 18.0. The number of carbonyl (C=O) groups excluding carboxylic acids is 1. The van der Waals surface area contributed by atoms with Crippen LogP contribution < -0.4 is 4.90 Å². The van der Waals surface area contributed by atoms with Crippen molar-refractivity contribution < 1.29 is 9.53 Å². The van der Waals surface area contributed by atoms with Crippen LogP contribution in [0.25, 0.3) is 10.2 Å². The van der Waals surface area contributed by atoms with Gasteiger partial charge in [0, 0.05) is 63.1 Å². The molecule has 10 heteroatoms. The third kappa shape index (κ3) is 4.50. The molecule has 0 saturated carbocycles. The van der Waals surface area contributed by atoms with E-state index in [1.54, 1.807) is 29.8 Å². The summed E-state index contributed by atoms with van der Waals surface area (Å²) in [6.07, 6.45) is 3.31. The van der Waals surface area contributed by atoms with Crippen molar-refractivity contribution in [1.82, 2.24) is 24.8 Å². The first-order valence-corrected chi connectivity index (χ1v) is 11.6. The number of amides is 1. The van der Waals surface area contributed by atoms with Crippen LogP contribution >= 0.6 is 22.9 Å². The Morgan fingerprint density at radius 1 is 1.13 bits per heavy atom. The molecule has 8 nitrogen and oxygen atoms in total. The van der Waals surface area contributed by atoms with E-state index in [0.717, 1.165) is 48.8 Å². The molecule has 2 aliphatic rings. The number of aromatic nitrogens is 3. The fourth-order valence-electron chi connectivity index (χ4n) is 4.01. The van der Waals surface area contributed by atoms with Crippen LogP contribution in [0.1, 0.15) is 15.2 Å². The molecule has 31 heavy (non-hydrogen) atoms. The number of nitrogens with zero attached hydrogens (tertiary/aromatic N) is 6. The number of ether oxygens (including phenoxy) is 1. The van der Waals surface area contributed by atoms with Crippen LogP contribution in [0.5, 0.6) is 0 Å². The summed E-state index contributed by atoms with van der Waals surface area (Å²) in [5.41, 5.74) is 1.54. The van der Waals surface area contributed by atoms with E-state index in [1.807, 2.05) is 11.0 Å². The van der Waals surface area contributed by atoms with Gasteiger partial charge in [0.15, 0.2) is 5.82 Å². The van der Waals surface area contributed by atoms with Crippen LogP contribution in [0, 0.1) is 0 Å². The summed E-state index contributed by atoms with van der Waals surface area (Å²) in [7, 11) is 0. The molecule has 162 valence electrons. The van der Waals surface area contributed by atoms with Gasteiger partial charge in [-0.15, -0.1) is 11.3 Å². The van der Waals surface area contributed by atoms with Gasteiger partial charge in [-0.05, 0) is 29.8 Å². The van der Waals surface area contributed by atoms with Gasteiger partial charge in [-0.1, -0.05) is 0 Å². The smallest absolute Gasteiger partial charge is 0.255 e. The highest BCUT2D eigenvalue weighted by atomic mass is 35.5. The quantitative estimate of drug-likeness (QED) is 0.556. The van der Waals surface area contributed by atoms with Crippen molar-refractivity contribution >= 4 is 44.9 Å². The van der Waals surface area contributed by atoms with Gasteiger partial charge in [-0.3, -0.25) is 14.7 Å². The van der Waals surface area contributed by atoms with E-state index in [4.69, 9.17) is 16.3 Å². The minimum absolute atomic E-state index is 0.0506. The highest BCUT2D eigenvalue weighted by Gasteiger charge is 2.24. The topological polar surface area (TPSA) is 74.7 Å². The number of morpholine rings is 1. The van der Waals surface area contributed by atoms with Crippen LogP contribution in [0.4, 0.5) is 5.82 Å². The third-order valence-corrected chi connectivity index (χ3v) is 6.91. The maximum Gasteiger partial charge on any atom is 0.255 e. The molecule has 2 aliphatic heterocycles. The number of hydrogen-bond donors (Lipinski definition) is 0. The SMILES string of the molecule is O=C(c1cccnc1)N1CCN(Cc2cc3nc(Cl)nc(N4CCOCC4)c3s2)CC1. The maximum absolute atomic E-state index is 12.6. The monoisotopic (exact) mass is 458 g/mol. The van der Waals surface area contributed by atoms with Gasteiger partial charge in [0.25, 0.3) is 5.91 Å². The Morgan fingerprint density at radius 3 is 2.68 bits per heavy atom. The van der Waals surface area contributed by atoms with Crippen molar-refractivity contribution in [2.75, 3.05) is 57.4 Å². The lowest BCUT2D eigenvalue weighted by atomic mass is 10.2. The number of halogens is 1. The molecule has 3 aromatic rings. The first-order valence-electron chi connectivity index (χ1n) is 10.4. The molecular formula is C21H23ClN6O2S. The Hall–Kier alpha value is -2.33. The average molecular weight is 459 g/mol. The van der Waals surface area contributed by atoms with Crippen molar-refractivity contribution in [3.05, 3.63) is 46.3 Å². The molecule has 0 aliphatic carbocycles. The van der Waals surface area contributed by atoms with Gasteiger partial charge in [0.1, 0.15) is 0 Å². The minimum atomic E-state index is 0.0506. The molecule has 2 fully saturated rings. The summed E-state index contributed by atoms with van der Waals surface area (Å²) in [6, 6.07) is 5.73. The summed E-state index contributed by atoms with van der Waals surface area (Å²) in [4.78, 5) is 33.4. The van der Waals surface area contributed by atoms with Gasteiger partial charge >= 0.3 is 0 Å². The molecule has 0 radical (unpaired) electrons. The molecule has 0 N–H and O–H groups in total. The van der Waals surface area contributed by atoms with E-state index < -0.39 is 0 Å². The molecular weight excluding hydrogens is 436 g/mol. The predicted octanol–water partition coefficient (Wildman–Crippen LogP) is 2.53. The molecule has 5 rings (SSSR count). The molecule has 2 saturated heterocycles. The predicted molar refractivity (Wildman–Crippen MR) is 121 cm³/mol. The minimum Gasteiger partial charge on any atom is -0.378 e. The zero-order valence-electron chi connectivity index (χ0n) is 17.0. The number of fused-ring (bicyclic) bond motifs is 1. The number of anilines is 1. The number of pyridine rings is 1. The van der Waals surface area contributed by atoms with Gasteiger partial charge in [0.2, 0.25) is 5.28 Å². The second-order valence-electron chi connectivity index (χ2n) is 7.65. The molecule has 1 amide bonds. The van der Waals surface area contributed by atoms with E-state index in [9.17, 15) is 4.79 Å². The maximum atomic E-state index is 12.6. The van der Waals surface area contributed by atoms with Gasteiger partial charge in [-0.2, -0.15) is 4.98 Å². The van der Waals surface area contributed by atoms with Crippen LogP contribution in [-0.4, -0.2) is 83.1 Å². The van der Waals surface area contributed by atoms with E-state index in [1.165, 1.54) is 4.88 Å². The van der Waals surface area contributed by atoms with Gasteiger partial charge in [0.05, 0.1) is 29.0 Å². The summed E-state index contributed by atoms with van der Waals surface area (Å²) in [5.74, 6) is 0.955. The van der Waals surface area contributed by atoms with Crippen LogP contribution in [0.15, 0.2) is 30.6 Å². The van der Waals surface area contributed by atoms with Crippen molar-refractivity contribution in [2.45, 2.75) is 6.54 Å². The lowest BCUT2D eigenvalue weighted by molar-refractivity contribution is 0.0629. The molecule has 0 aromatic carbocycles. The summed E-state index contributed by atoms with van der Waals surface area (Å²) in [5, 5.41) is 0.279. The number of hydrogen-bond acceptors (Lipinski definition) is 8. The Bertz CT molecular complexity index is 1060. The van der Waals surface area contributed by atoms with Crippen molar-refractivity contribution in [1.29, 1.82) is 0 Å². The standard InChI is InChI=1S/C21H23ClN6O2S/c22-21-24-17-12-16(31-18(17)19(25-21)27-8-10-30-11-9-27)14-26-4-6-28(7-5-26)20(29)15-2-1-3-23-13-15/h1-3,12-13H,4-11,14H2. The van der Waals surface area contributed by atoms with Crippen molar-refractivity contribution in [3.8, 4) is 0 Å². The lowest BCUT2D eigenvalue weighted by Crippen LogP contribution is -2.48. The lowest BCUT2D eigenvalue weighted by Gasteiger charge is -2.34. The Kier molecular flexibility index (Phi) is 5.99.